The molecule has 1 saturated heterocycles. The number of benzene rings is 1. The van der Waals surface area contributed by atoms with Gasteiger partial charge in [0.2, 0.25) is 18.1 Å². The van der Waals surface area contributed by atoms with Crippen LogP contribution in [-0.2, 0) is 14.3 Å². The Bertz CT molecular complexity index is 1250. The van der Waals surface area contributed by atoms with Crippen molar-refractivity contribution in [3.8, 4) is 22.6 Å². The number of hydrogen-bond donors (Lipinski definition) is 3. The molecule has 1 amide bonds. The fourth-order valence-corrected chi connectivity index (χ4v) is 4.84. The van der Waals surface area contributed by atoms with Crippen LogP contribution in [0.25, 0.3) is 22.6 Å². The van der Waals surface area contributed by atoms with Gasteiger partial charge in [-0.1, -0.05) is 19.3 Å². The molecule has 1 aliphatic carbocycles. The van der Waals surface area contributed by atoms with Gasteiger partial charge in [-0.15, -0.1) is 0 Å². The Morgan fingerprint density at radius 2 is 1.79 bits per heavy atom. The van der Waals surface area contributed by atoms with Crippen molar-refractivity contribution >= 4 is 11.9 Å². The number of carbonyl (C=O) groups is 1. The van der Waals surface area contributed by atoms with E-state index in [2.05, 4.69) is 25.6 Å². The Labute approximate surface area is 222 Å². The molecular weight excluding hydrogens is 487 g/mol. The van der Waals surface area contributed by atoms with Gasteiger partial charge in [-0.2, -0.15) is 0 Å². The molecular formula is C28H35FN6O3. The summed E-state index contributed by atoms with van der Waals surface area (Å²) in [5, 5.41) is 6.40. The number of ether oxygens (including phenoxy) is 2. The van der Waals surface area contributed by atoms with Crippen molar-refractivity contribution in [2.75, 3.05) is 18.5 Å². The number of imidazole rings is 1. The molecule has 10 heteroatoms. The molecule has 2 fully saturated rings. The van der Waals surface area contributed by atoms with Crippen LogP contribution in [0.3, 0.4) is 0 Å². The molecule has 38 heavy (non-hydrogen) atoms. The summed E-state index contributed by atoms with van der Waals surface area (Å²) < 4.78 is 25.7. The average molecular weight is 523 g/mol. The summed E-state index contributed by atoms with van der Waals surface area (Å²) in [6, 6.07) is 8.29. The number of amides is 1. The van der Waals surface area contributed by atoms with Crippen LogP contribution in [0.5, 0.6) is 0 Å². The smallest absolute Gasteiger partial charge is 0.230 e. The van der Waals surface area contributed by atoms with E-state index in [1.807, 2.05) is 20.8 Å². The third kappa shape index (κ3) is 5.86. The van der Waals surface area contributed by atoms with Crippen molar-refractivity contribution in [2.24, 2.45) is 5.41 Å². The molecule has 1 saturated carbocycles. The molecule has 2 aromatic heterocycles. The van der Waals surface area contributed by atoms with Gasteiger partial charge >= 0.3 is 0 Å². The molecule has 3 heterocycles. The van der Waals surface area contributed by atoms with Crippen LogP contribution in [0.15, 0.2) is 36.5 Å². The lowest BCUT2D eigenvalue weighted by Gasteiger charge is -2.37. The van der Waals surface area contributed by atoms with Crippen LogP contribution in [0.2, 0.25) is 0 Å². The number of aromatic amines is 1. The van der Waals surface area contributed by atoms with E-state index in [0.717, 1.165) is 25.7 Å². The largest absolute Gasteiger partial charge is 0.353 e. The first-order valence-corrected chi connectivity index (χ1v) is 13.3. The zero-order chi connectivity index (χ0) is 26.7. The van der Waals surface area contributed by atoms with Crippen molar-refractivity contribution in [3.05, 3.63) is 48.2 Å². The lowest BCUT2D eigenvalue weighted by Crippen LogP contribution is -2.51. The number of nitrogens with one attached hydrogen (secondary N) is 3. The van der Waals surface area contributed by atoms with E-state index in [9.17, 15) is 9.18 Å². The summed E-state index contributed by atoms with van der Waals surface area (Å²) in [4.78, 5) is 30.1. The molecule has 2 aliphatic rings. The van der Waals surface area contributed by atoms with Gasteiger partial charge in [-0.25, -0.2) is 19.3 Å². The normalized spacial score (nSPS) is 22.4. The van der Waals surface area contributed by atoms with Gasteiger partial charge in [0.05, 0.1) is 35.7 Å². The Hall–Kier alpha value is -3.37. The van der Waals surface area contributed by atoms with E-state index in [1.165, 1.54) is 18.6 Å². The Kier molecular flexibility index (Phi) is 7.71. The maximum atomic E-state index is 13.7. The molecule has 0 unspecified atom stereocenters. The third-order valence-corrected chi connectivity index (χ3v) is 6.99. The standard InChI is InChI=1S/C28H35FN6O3/c1-17(2)31-27-30-14-13-21(33-27)23-22(18-9-11-19(29)12-10-18)34-24(35-23)25-37-15-28(3,16-38-25)26(36)32-20-7-5-4-6-8-20/h9-14,17,20,25H,4-8,15-16H2,1-3H3,(H,32,36)(H,34,35)(H,30,31,33). The highest BCUT2D eigenvalue weighted by Crippen LogP contribution is 2.36. The van der Waals surface area contributed by atoms with Gasteiger partial charge in [0.15, 0.2) is 5.82 Å². The zero-order valence-electron chi connectivity index (χ0n) is 22.1. The first-order chi connectivity index (χ1) is 18.3. The number of H-pyrrole nitrogens is 1. The quantitative estimate of drug-likeness (QED) is 0.400. The summed E-state index contributed by atoms with van der Waals surface area (Å²) in [6.45, 7) is 6.29. The SMILES string of the molecule is CC(C)Nc1nccc(-c2[nH]c(C3OCC(C)(C(=O)NC4CCCCC4)CO3)nc2-c2ccc(F)cc2)n1. The van der Waals surface area contributed by atoms with E-state index in [0.29, 0.717) is 34.4 Å². The van der Waals surface area contributed by atoms with Crippen molar-refractivity contribution < 1.29 is 18.7 Å². The van der Waals surface area contributed by atoms with Gasteiger partial charge in [-0.3, -0.25) is 4.79 Å². The molecule has 0 spiro atoms. The van der Waals surface area contributed by atoms with E-state index in [1.54, 1.807) is 24.4 Å². The molecule has 5 rings (SSSR count). The Morgan fingerprint density at radius 3 is 2.47 bits per heavy atom. The molecule has 1 aliphatic heterocycles. The number of nitrogens with zero attached hydrogens (tertiary/aromatic N) is 3. The van der Waals surface area contributed by atoms with Gasteiger partial charge < -0.3 is 25.1 Å². The highest BCUT2D eigenvalue weighted by Gasteiger charge is 2.41. The van der Waals surface area contributed by atoms with Gasteiger partial charge in [0, 0.05) is 23.8 Å². The van der Waals surface area contributed by atoms with E-state index < -0.39 is 11.7 Å². The molecule has 202 valence electrons. The minimum atomic E-state index is -0.784. The maximum absolute atomic E-state index is 13.7. The monoisotopic (exact) mass is 522 g/mol. The highest BCUT2D eigenvalue weighted by molar-refractivity contribution is 5.83. The second kappa shape index (κ2) is 11.2. The second-order valence-electron chi connectivity index (χ2n) is 10.7. The zero-order valence-corrected chi connectivity index (χ0v) is 22.1. The van der Waals surface area contributed by atoms with Crippen LogP contribution in [-0.4, -0.2) is 51.1 Å². The minimum absolute atomic E-state index is 0.0406. The van der Waals surface area contributed by atoms with Crippen LogP contribution < -0.4 is 10.6 Å². The molecule has 0 atom stereocenters. The van der Waals surface area contributed by atoms with Gasteiger partial charge in [0.1, 0.15) is 5.82 Å². The van der Waals surface area contributed by atoms with E-state index in [4.69, 9.17) is 14.5 Å². The van der Waals surface area contributed by atoms with Crippen molar-refractivity contribution in [1.29, 1.82) is 0 Å². The summed E-state index contributed by atoms with van der Waals surface area (Å²) in [5.74, 6) is 0.567. The van der Waals surface area contributed by atoms with Gasteiger partial charge in [-0.05, 0) is 63.9 Å². The number of rotatable bonds is 7. The predicted molar refractivity (Wildman–Crippen MR) is 142 cm³/mol. The highest BCUT2D eigenvalue weighted by atomic mass is 19.1. The van der Waals surface area contributed by atoms with Crippen LogP contribution in [0, 0.1) is 11.2 Å². The van der Waals surface area contributed by atoms with Crippen molar-refractivity contribution in [3.63, 3.8) is 0 Å². The Morgan fingerprint density at radius 1 is 1.08 bits per heavy atom. The Balaban J connectivity index is 1.37. The summed E-state index contributed by atoms with van der Waals surface area (Å²) >= 11 is 0. The topological polar surface area (TPSA) is 114 Å². The molecule has 3 N–H and O–H groups in total. The molecule has 1 aromatic carbocycles. The van der Waals surface area contributed by atoms with Crippen molar-refractivity contribution in [2.45, 2.75) is 71.2 Å². The van der Waals surface area contributed by atoms with Crippen molar-refractivity contribution in [1.82, 2.24) is 25.3 Å². The molecule has 3 aromatic rings. The lowest BCUT2D eigenvalue weighted by atomic mass is 9.89. The first-order valence-electron chi connectivity index (χ1n) is 13.3. The molecule has 0 bridgehead atoms. The second-order valence-corrected chi connectivity index (χ2v) is 10.7. The summed E-state index contributed by atoms with van der Waals surface area (Å²) in [6.07, 6.45) is 6.45. The first kappa shape index (κ1) is 26.2. The lowest BCUT2D eigenvalue weighted by molar-refractivity contribution is -0.231. The van der Waals surface area contributed by atoms with Gasteiger partial charge in [0.25, 0.3) is 0 Å². The maximum Gasteiger partial charge on any atom is 0.230 e. The fraction of sp³-hybridized carbons (Fsp3) is 0.500. The van der Waals surface area contributed by atoms with E-state index in [-0.39, 0.29) is 37.0 Å². The number of aromatic nitrogens is 4. The summed E-state index contributed by atoms with van der Waals surface area (Å²) in [5.41, 5.74) is 1.77. The van der Waals surface area contributed by atoms with Crippen LogP contribution >= 0.6 is 0 Å². The number of carbonyl (C=O) groups excluding carboxylic acids is 1. The summed E-state index contributed by atoms with van der Waals surface area (Å²) in [7, 11) is 0. The third-order valence-electron chi connectivity index (χ3n) is 6.99. The number of halogens is 1. The van der Waals surface area contributed by atoms with Crippen LogP contribution in [0.4, 0.5) is 10.3 Å². The number of hydrogen-bond acceptors (Lipinski definition) is 7. The van der Waals surface area contributed by atoms with E-state index >= 15 is 0 Å². The molecule has 9 nitrogen and oxygen atoms in total. The fourth-order valence-electron chi connectivity index (χ4n) is 4.84. The minimum Gasteiger partial charge on any atom is -0.353 e. The predicted octanol–water partition coefficient (Wildman–Crippen LogP) is 4.99. The molecule has 0 radical (unpaired) electrons. The average Bonchev–Trinajstić information content (AvgIpc) is 3.35. The van der Waals surface area contributed by atoms with Crippen LogP contribution in [0.1, 0.15) is 65.0 Å². The number of anilines is 1.